The van der Waals surface area contributed by atoms with Gasteiger partial charge in [-0.1, -0.05) is 25.0 Å². The van der Waals surface area contributed by atoms with Gasteiger partial charge in [-0.2, -0.15) is 0 Å². The van der Waals surface area contributed by atoms with Crippen LogP contribution < -0.4 is 11.2 Å². The maximum Gasteiger partial charge on any atom is 0.332 e. The number of hydrogen-bond acceptors (Lipinski definition) is 4. The van der Waals surface area contributed by atoms with Crippen molar-refractivity contribution < 1.29 is 5.11 Å². The molecule has 3 aliphatic rings. The molecule has 2 saturated carbocycles. The zero-order valence-electron chi connectivity index (χ0n) is 16.6. The zero-order valence-corrected chi connectivity index (χ0v) is 16.6. The molecule has 0 saturated heterocycles. The average Bonchev–Trinajstić information content (AvgIpc) is 3.30. The molecular formula is C21H28N4O3. The molecule has 3 aliphatic carbocycles. The number of aliphatic hydroxyl groups is 1. The highest BCUT2D eigenvalue weighted by Gasteiger charge is 2.56. The van der Waals surface area contributed by atoms with Gasteiger partial charge in [0.1, 0.15) is 11.3 Å². The molecular weight excluding hydrogens is 356 g/mol. The molecule has 150 valence electrons. The Morgan fingerprint density at radius 1 is 1.14 bits per heavy atom. The molecule has 5 rings (SSSR count). The van der Waals surface area contributed by atoms with Gasteiger partial charge < -0.3 is 10.1 Å². The van der Waals surface area contributed by atoms with Gasteiger partial charge in [-0.15, -0.1) is 0 Å². The first-order chi connectivity index (χ1) is 13.6. The Bertz CT molecular complexity index is 1090. The van der Waals surface area contributed by atoms with Crippen molar-refractivity contribution in [2.45, 2.75) is 65.0 Å². The SMILES string of the molecule is CCCn1c(=O)c2[nH]c(C3C4C5=C4CC(CO)C3CC5)nc2n(CCC)c1=O. The molecule has 7 nitrogen and oxygen atoms in total. The molecule has 2 fully saturated rings. The van der Waals surface area contributed by atoms with Crippen molar-refractivity contribution in [1.82, 2.24) is 19.1 Å². The Morgan fingerprint density at radius 3 is 2.61 bits per heavy atom. The molecule has 0 amide bonds. The third kappa shape index (κ3) is 2.35. The first kappa shape index (κ1) is 17.9. The molecule has 4 atom stereocenters. The van der Waals surface area contributed by atoms with E-state index in [0.717, 1.165) is 37.9 Å². The van der Waals surface area contributed by atoms with Crippen molar-refractivity contribution in [1.29, 1.82) is 0 Å². The molecule has 28 heavy (non-hydrogen) atoms. The molecule has 2 bridgehead atoms. The lowest BCUT2D eigenvalue weighted by Gasteiger charge is -2.38. The maximum absolute atomic E-state index is 13.0. The van der Waals surface area contributed by atoms with Gasteiger partial charge in [-0.05, 0) is 43.9 Å². The number of hydrogen-bond donors (Lipinski definition) is 2. The average molecular weight is 384 g/mol. The number of rotatable bonds is 6. The number of aryl methyl sites for hydroxylation is 1. The lowest BCUT2D eigenvalue weighted by atomic mass is 9.67. The van der Waals surface area contributed by atoms with E-state index in [1.165, 1.54) is 10.1 Å². The predicted octanol–water partition coefficient (Wildman–Crippen LogP) is 2.14. The number of H-pyrrole nitrogens is 1. The van der Waals surface area contributed by atoms with Crippen LogP contribution in [-0.4, -0.2) is 30.8 Å². The fraction of sp³-hybridized carbons (Fsp3) is 0.667. The summed E-state index contributed by atoms with van der Waals surface area (Å²) in [6.45, 7) is 5.16. The number of imidazole rings is 1. The van der Waals surface area contributed by atoms with Crippen LogP contribution in [-0.2, 0) is 13.1 Å². The summed E-state index contributed by atoms with van der Waals surface area (Å²) in [6.07, 6.45) is 4.77. The van der Waals surface area contributed by atoms with Crippen LogP contribution in [0.1, 0.15) is 57.7 Å². The van der Waals surface area contributed by atoms with Crippen molar-refractivity contribution >= 4 is 11.2 Å². The minimum Gasteiger partial charge on any atom is -0.396 e. The molecule has 0 radical (unpaired) electrons. The standard InChI is InChI=1S/C21H28N4O3/c1-3-7-24-19-17(20(27)25(8-4-2)21(24)28)22-18(23-19)16-12-5-6-13-14(15(13)16)9-11(12)10-26/h11-12,15-16,26H,3-10H2,1-2H3,(H,22,23). The third-order valence-electron chi connectivity index (χ3n) is 7.06. The van der Waals surface area contributed by atoms with E-state index >= 15 is 0 Å². The summed E-state index contributed by atoms with van der Waals surface area (Å²) in [6, 6.07) is 0. The molecule has 0 aromatic carbocycles. The van der Waals surface area contributed by atoms with Crippen LogP contribution in [0.2, 0.25) is 0 Å². The van der Waals surface area contributed by atoms with Crippen LogP contribution in [0.3, 0.4) is 0 Å². The number of aromatic nitrogens is 4. The topological polar surface area (TPSA) is 92.9 Å². The van der Waals surface area contributed by atoms with Crippen molar-refractivity contribution in [2.75, 3.05) is 6.61 Å². The fourth-order valence-corrected chi connectivity index (χ4v) is 5.81. The minimum absolute atomic E-state index is 0.203. The number of allylic oxidation sites excluding steroid dienone is 2. The highest BCUT2D eigenvalue weighted by Crippen LogP contribution is 2.65. The van der Waals surface area contributed by atoms with Gasteiger partial charge in [0.25, 0.3) is 5.56 Å². The summed E-state index contributed by atoms with van der Waals surface area (Å²) in [5.41, 5.74) is 3.48. The van der Waals surface area contributed by atoms with E-state index in [1.807, 2.05) is 13.8 Å². The number of aliphatic hydroxyl groups excluding tert-OH is 1. The second-order valence-corrected chi connectivity index (χ2v) is 8.61. The van der Waals surface area contributed by atoms with E-state index in [4.69, 9.17) is 4.98 Å². The minimum atomic E-state index is -0.264. The number of aromatic amines is 1. The molecule has 2 aromatic heterocycles. The van der Waals surface area contributed by atoms with Gasteiger partial charge in [0, 0.05) is 31.5 Å². The summed E-state index contributed by atoms with van der Waals surface area (Å²) in [5.74, 6) is 2.16. The number of nitrogens with zero attached hydrogens (tertiary/aromatic N) is 3. The van der Waals surface area contributed by atoms with E-state index in [9.17, 15) is 14.7 Å². The number of fused-ring (bicyclic) bond motifs is 2. The Morgan fingerprint density at radius 2 is 1.89 bits per heavy atom. The maximum atomic E-state index is 13.0. The monoisotopic (exact) mass is 384 g/mol. The van der Waals surface area contributed by atoms with Crippen molar-refractivity contribution in [2.24, 2.45) is 17.8 Å². The van der Waals surface area contributed by atoms with Gasteiger partial charge in [-0.25, -0.2) is 9.78 Å². The summed E-state index contributed by atoms with van der Waals surface area (Å²) >= 11 is 0. The quantitative estimate of drug-likeness (QED) is 0.746. The van der Waals surface area contributed by atoms with E-state index in [0.29, 0.717) is 36.1 Å². The summed E-state index contributed by atoms with van der Waals surface area (Å²) in [7, 11) is 0. The smallest absolute Gasteiger partial charge is 0.332 e. The van der Waals surface area contributed by atoms with Crippen LogP contribution in [0.25, 0.3) is 11.2 Å². The van der Waals surface area contributed by atoms with Crippen LogP contribution in [0.5, 0.6) is 0 Å². The van der Waals surface area contributed by atoms with E-state index in [2.05, 4.69) is 4.98 Å². The van der Waals surface area contributed by atoms with Crippen LogP contribution in [0.15, 0.2) is 20.7 Å². The van der Waals surface area contributed by atoms with Crippen LogP contribution in [0, 0.1) is 17.8 Å². The second kappa shape index (κ2) is 6.44. The van der Waals surface area contributed by atoms with Crippen molar-refractivity contribution in [3.63, 3.8) is 0 Å². The Balaban J connectivity index is 1.66. The molecule has 4 unspecified atom stereocenters. The Labute approximate surface area is 163 Å². The molecule has 2 N–H and O–H groups in total. The summed E-state index contributed by atoms with van der Waals surface area (Å²) in [5, 5.41) is 9.89. The first-order valence-corrected chi connectivity index (χ1v) is 10.7. The van der Waals surface area contributed by atoms with Gasteiger partial charge in [0.05, 0.1) is 0 Å². The molecule has 2 heterocycles. The van der Waals surface area contributed by atoms with Gasteiger partial charge in [0.2, 0.25) is 0 Å². The number of nitrogens with one attached hydrogen (secondary N) is 1. The van der Waals surface area contributed by atoms with Gasteiger partial charge >= 0.3 is 5.69 Å². The summed E-state index contributed by atoms with van der Waals surface area (Å²) in [4.78, 5) is 34.1. The molecule has 0 aliphatic heterocycles. The molecule has 7 heteroatoms. The first-order valence-electron chi connectivity index (χ1n) is 10.7. The lowest BCUT2D eigenvalue weighted by molar-refractivity contribution is 0.121. The predicted molar refractivity (Wildman–Crippen MR) is 106 cm³/mol. The van der Waals surface area contributed by atoms with E-state index < -0.39 is 0 Å². The van der Waals surface area contributed by atoms with Crippen molar-refractivity contribution in [3.05, 3.63) is 37.8 Å². The molecule has 0 spiro atoms. The fourth-order valence-electron chi connectivity index (χ4n) is 5.81. The zero-order chi connectivity index (χ0) is 19.6. The Kier molecular flexibility index (Phi) is 4.12. The van der Waals surface area contributed by atoms with Gasteiger partial charge in [0.15, 0.2) is 5.65 Å². The lowest BCUT2D eigenvalue weighted by Crippen LogP contribution is -2.40. The summed E-state index contributed by atoms with van der Waals surface area (Å²) < 4.78 is 2.99. The third-order valence-corrected chi connectivity index (χ3v) is 7.06. The highest BCUT2D eigenvalue weighted by molar-refractivity contribution is 5.70. The largest absolute Gasteiger partial charge is 0.396 e. The second-order valence-electron chi connectivity index (χ2n) is 8.61. The van der Waals surface area contributed by atoms with Crippen LogP contribution >= 0.6 is 0 Å². The van der Waals surface area contributed by atoms with Gasteiger partial charge in [-0.3, -0.25) is 13.9 Å². The van der Waals surface area contributed by atoms with E-state index in [1.54, 1.807) is 10.1 Å². The Hall–Kier alpha value is -2.15. The normalized spacial score (nSPS) is 28.2. The highest BCUT2D eigenvalue weighted by atomic mass is 16.3. The van der Waals surface area contributed by atoms with Crippen LogP contribution in [0.4, 0.5) is 0 Å². The van der Waals surface area contributed by atoms with Crippen molar-refractivity contribution in [3.8, 4) is 0 Å². The molecule has 2 aromatic rings. The van der Waals surface area contributed by atoms with E-state index in [-0.39, 0.29) is 29.7 Å².